The van der Waals surface area contributed by atoms with Gasteiger partial charge in [-0.1, -0.05) is 23.7 Å². The molecule has 0 N–H and O–H groups in total. The van der Waals surface area contributed by atoms with Crippen molar-refractivity contribution in [2.75, 3.05) is 0 Å². The molecule has 108 valence electrons. The van der Waals surface area contributed by atoms with E-state index in [1.54, 1.807) is 6.07 Å². The number of carbonyl (C=O) groups excluding carboxylic acids is 1. The van der Waals surface area contributed by atoms with Gasteiger partial charge in [0.1, 0.15) is 18.7 Å². The lowest BCUT2D eigenvalue weighted by atomic mass is 10.2. The molecule has 0 amide bonds. The molecule has 0 aromatic heterocycles. The number of hydrogen-bond acceptors (Lipinski definition) is 4. The van der Waals surface area contributed by atoms with E-state index in [9.17, 15) is 19.3 Å². The van der Waals surface area contributed by atoms with Gasteiger partial charge in [0.15, 0.2) is 5.75 Å². The van der Waals surface area contributed by atoms with Gasteiger partial charge in [-0.15, -0.1) is 0 Å². The molecule has 0 spiro atoms. The molecule has 21 heavy (non-hydrogen) atoms. The molecule has 0 heterocycles. The highest BCUT2D eigenvalue weighted by molar-refractivity contribution is 6.31. The first-order chi connectivity index (χ1) is 10.0. The van der Waals surface area contributed by atoms with E-state index in [1.165, 1.54) is 30.3 Å². The molecular weight excluding hydrogens is 301 g/mol. The Morgan fingerprint density at radius 1 is 1.33 bits per heavy atom. The second-order valence-corrected chi connectivity index (χ2v) is 4.48. The first kappa shape index (κ1) is 14.9. The zero-order valence-electron chi connectivity index (χ0n) is 10.6. The summed E-state index contributed by atoms with van der Waals surface area (Å²) >= 11 is 5.78. The molecule has 0 radical (unpaired) electrons. The summed E-state index contributed by atoms with van der Waals surface area (Å²) in [5, 5.41) is 10.8. The van der Waals surface area contributed by atoms with Crippen LogP contribution < -0.4 is 4.74 Å². The van der Waals surface area contributed by atoms with Gasteiger partial charge in [0.2, 0.25) is 0 Å². The Morgan fingerprint density at radius 3 is 2.76 bits per heavy atom. The number of nitro groups is 1. The number of aldehydes is 1. The zero-order valence-corrected chi connectivity index (χ0v) is 11.3. The number of rotatable bonds is 5. The number of halogens is 2. The van der Waals surface area contributed by atoms with Gasteiger partial charge in [-0.2, -0.15) is 0 Å². The molecule has 0 aliphatic heterocycles. The smallest absolute Gasteiger partial charge is 0.310 e. The third-order valence-electron chi connectivity index (χ3n) is 2.73. The number of nitrogens with zero attached hydrogens (tertiary/aromatic N) is 1. The minimum absolute atomic E-state index is 0.0788. The maximum atomic E-state index is 13.3. The van der Waals surface area contributed by atoms with Gasteiger partial charge in [0, 0.05) is 17.2 Å². The van der Waals surface area contributed by atoms with E-state index in [1.807, 2.05) is 0 Å². The molecule has 5 nitrogen and oxygen atoms in total. The van der Waals surface area contributed by atoms with Gasteiger partial charge in [0.25, 0.3) is 0 Å². The minimum atomic E-state index is -0.628. The number of carbonyl (C=O) groups is 1. The van der Waals surface area contributed by atoms with E-state index in [4.69, 9.17) is 16.3 Å². The lowest BCUT2D eigenvalue weighted by Gasteiger charge is -2.09. The summed E-state index contributed by atoms with van der Waals surface area (Å²) in [4.78, 5) is 21.0. The van der Waals surface area contributed by atoms with Crippen LogP contribution in [0, 0.1) is 15.9 Å². The largest absolute Gasteiger partial charge is 0.482 e. The average Bonchev–Trinajstić information content (AvgIpc) is 2.48. The van der Waals surface area contributed by atoms with Crippen LogP contribution in [0.15, 0.2) is 36.4 Å². The molecule has 0 fully saturated rings. The fourth-order valence-electron chi connectivity index (χ4n) is 1.69. The maximum absolute atomic E-state index is 13.3. The van der Waals surface area contributed by atoms with Gasteiger partial charge in [-0.3, -0.25) is 14.9 Å². The van der Waals surface area contributed by atoms with Crippen LogP contribution in [0.25, 0.3) is 0 Å². The van der Waals surface area contributed by atoms with Crippen molar-refractivity contribution in [3.05, 3.63) is 68.5 Å². The Labute approximate surface area is 124 Å². The van der Waals surface area contributed by atoms with Crippen molar-refractivity contribution in [2.45, 2.75) is 6.61 Å². The number of ether oxygens (including phenoxy) is 1. The zero-order chi connectivity index (χ0) is 15.4. The Bertz CT molecular complexity index is 705. The second-order valence-electron chi connectivity index (χ2n) is 4.10. The topological polar surface area (TPSA) is 69.4 Å². The standard InChI is InChI=1S/C14H9ClFNO4/c15-14-10(2-1-3-11(14)16)8-21-13-6-9(7-18)4-5-12(13)17(19)20/h1-7H,8H2. The highest BCUT2D eigenvalue weighted by Gasteiger charge is 2.16. The van der Waals surface area contributed by atoms with Crippen molar-refractivity contribution in [3.8, 4) is 5.75 Å². The molecule has 2 aromatic rings. The molecule has 0 unspecified atom stereocenters. The highest BCUT2D eigenvalue weighted by Crippen LogP contribution is 2.29. The number of nitro benzene ring substituents is 1. The molecule has 0 saturated heterocycles. The van der Waals surface area contributed by atoms with Gasteiger partial charge in [-0.25, -0.2) is 4.39 Å². The van der Waals surface area contributed by atoms with E-state index < -0.39 is 10.7 Å². The molecule has 0 bridgehead atoms. The fraction of sp³-hybridized carbons (Fsp3) is 0.0714. The van der Waals surface area contributed by atoms with Crippen LogP contribution in [0.5, 0.6) is 5.75 Å². The van der Waals surface area contributed by atoms with Crippen LogP contribution in [0.1, 0.15) is 15.9 Å². The van der Waals surface area contributed by atoms with Crippen molar-refractivity contribution < 1.29 is 18.8 Å². The predicted molar refractivity (Wildman–Crippen MR) is 74.2 cm³/mol. The third-order valence-corrected chi connectivity index (χ3v) is 3.15. The van der Waals surface area contributed by atoms with Crippen LogP contribution in [-0.4, -0.2) is 11.2 Å². The van der Waals surface area contributed by atoms with Gasteiger partial charge < -0.3 is 4.74 Å². The number of hydrogen-bond donors (Lipinski definition) is 0. The van der Waals surface area contributed by atoms with Crippen molar-refractivity contribution in [1.82, 2.24) is 0 Å². The van der Waals surface area contributed by atoms with E-state index >= 15 is 0 Å². The highest BCUT2D eigenvalue weighted by atomic mass is 35.5. The van der Waals surface area contributed by atoms with E-state index in [0.717, 1.165) is 0 Å². The Balaban J connectivity index is 2.28. The third kappa shape index (κ3) is 3.35. The maximum Gasteiger partial charge on any atom is 0.310 e. The number of benzene rings is 2. The predicted octanol–water partition coefficient (Wildman–Crippen LogP) is 3.78. The summed E-state index contributed by atoms with van der Waals surface area (Å²) in [5.41, 5.74) is 0.302. The molecule has 0 atom stereocenters. The van der Waals surface area contributed by atoms with Gasteiger partial charge in [-0.05, 0) is 18.2 Å². The Morgan fingerprint density at radius 2 is 2.10 bits per heavy atom. The van der Waals surface area contributed by atoms with Crippen LogP contribution in [-0.2, 0) is 6.61 Å². The quantitative estimate of drug-likeness (QED) is 0.479. The first-order valence-corrected chi connectivity index (χ1v) is 6.20. The fourth-order valence-corrected chi connectivity index (χ4v) is 1.87. The van der Waals surface area contributed by atoms with Gasteiger partial charge >= 0.3 is 5.69 Å². The molecule has 0 aliphatic carbocycles. The van der Waals surface area contributed by atoms with Crippen molar-refractivity contribution >= 4 is 23.6 Å². The van der Waals surface area contributed by atoms with Crippen LogP contribution in [0.4, 0.5) is 10.1 Å². The Kier molecular flexibility index (Phi) is 4.49. The van der Waals surface area contributed by atoms with Gasteiger partial charge in [0.05, 0.1) is 9.95 Å². The molecule has 2 aromatic carbocycles. The summed E-state index contributed by atoms with van der Waals surface area (Å²) in [6.07, 6.45) is 0.547. The minimum Gasteiger partial charge on any atom is -0.482 e. The summed E-state index contributed by atoms with van der Waals surface area (Å²) in [5.74, 6) is -0.682. The molecule has 0 aliphatic rings. The van der Waals surface area contributed by atoms with E-state index in [-0.39, 0.29) is 28.6 Å². The van der Waals surface area contributed by atoms with Crippen LogP contribution >= 0.6 is 11.6 Å². The average molecular weight is 310 g/mol. The normalized spacial score (nSPS) is 10.2. The van der Waals surface area contributed by atoms with Crippen molar-refractivity contribution in [1.29, 1.82) is 0 Å². The monoisotopic (exact) mass is 309 g/mol. The summed E-state index contributed by atoms with van der Waals surface area (Å²) in [6.45, 7) is -0.153. The molecule has 7 heteroatoms. The van der Waals surface area contributed by atoms with E-state index in [2.05, 4.69) is 0 Å². The lowest BCUT2D eigenvalue weighted by molar-refractivity contribution is -0.385. The molecule has 0 saturated carbocycles. The SMILES string of the molecule is O=Cc1ccc([N+](=O)[O-])c(OCc2cccc(F)c2Cl)c1. The second kappa shape index (κ2) is 6.32. The first-order valence-electron chi connectivity index (χ1n) is 5.82. The summed E-state index contributed by atoms with van der Waals surface area (Å²) < 4.78 is 18.6. The lowest BCUT2D eigenvalue weighted by Crippen LogP contribution is -2.01. The summed E-state index contributed by atoms with van der Waals surface area (Å²) in [7, 11) is 0. The summed E-state index contributed by atoms with van der Waals surface area (Å²) in [6, 6.07) is 7.93. The molecule has 2 rings (SSSR count). The molecular formula is C14H9ClFNO4. The van der Waals surface area contributed by atoms with Crippen molar-refractivity contribution in [3.63, 3.8) is 0 Å². The van der Waals surface area contributed by atoms with Crippen molar-refractivity contribution in [2.24, 2.45) is 0 Å². The van der Waals surface area contributed by atoms with E-state index in [0.29, 0.717) is 11.8 Å². The van der Waals surface area contributed by atoms with Crippen LogP contribution in [0.2, 0.25) is 5.02 Å². The Hall–Kier alpha value is -2.47. The van der Waals surface area contributed by atoms with Crippen LogP contribution in [0.3, 0.4) is 0 Å².